The fourth-order valence-corrected chi connectivity index (χ4v) is 3.26. The highest BCUT2D eigenvalue weighted by Crippen LogP contribution is 2.30. The van der Waals surface area contributed by atoms with Gasteiger partial charge in [0.2, 0.25) is 0 Å². The molecule has 2 heterocycles. The monoisotopic (exact) mass is 466 g/mol. The lowest BCUT2D eigenvalue weighted by atomic mass is 10.1. The van der Waals surface area contributed by atoms with E-state index >= 15 is 0 Å². The van der Waals surface area contributed by atoms with E-state index in [1.165, 1.54) is 16.8 Å². The lowest BCUT2D eigenvalue weighted by Gasteiger charge is -2.27. The number of alkyl halides is 3. The Morgan fingerprint density at radius 3 is 2.23 bits per heavy atom. The van der Waals surface area contributed by atoms with Crippen LogP contribution in [0.15, 0.2) is 35.1 Å². The van der Waals surface area contributed by atoms with Crippen LogP contribution >= 0.6 is 24.8 Å². The Morgan fingerprint density at radius 2 is 1.70 bits per heavy atom. The van der Waals surface area contributed by atoms with Crippen LogP contribution in [-0.4, -0.2) is 40.9 Å². The number of piperazine rings is 1. The molecule has 0 radical (unpaired) electrons. The van der Waals surface area contributed by atoms with Gasteiger partial charge in [-0.05, 0) is 24.1 Å². The molecule has 30 heavy (non-hydrogen) atoms. The molecule has 10 heteroatoms. The molecule has 1 aromatic heterocycles. The highest BCUT2D eigenvalue weighted by molar-refractivity contribution is 5.85. The lowest BCUT2D eigenvalue weighted by Crippen LogP contribution is -2.44. The Labute approximate surface area is 186 Å². The number of rotatable bonds is 5. The van der Waals surface area contributed by atoms with E-state index in [1.807, 2.05) is 13.8 Å². The van der Waals surface area contributed by atoms with E-state index in [0.29, 0.717) is 29.9 Å². The van der Waals surface area contributed by atoms with Crippen LogP contribution in [0.25, 0.3) is 11.3 Å². The predicted octanol–water partition coefficient (Wildman–Crippen LogP) is 3.83. The van der Waals surface area contributed by atoms with E-state index in [0.717, 1.165) is 38.3 Å². The summed E-state index contributed by atoms with van der Waals surface area (Å²) in [5.74, 6) is 0.222. The van der Waals surface area contributed by atoms with Gasteiger partial charge in [0.25, 0.3) is 5.56 Å². The molecule has 0 saturated carbocycles. The largest absolute Gasteiger partial charge is 0.416 e. The Hall–Kier alpha value is -1.61. The van der Waals surface area contributed by atoms with Gasteiger partial charge < -0.3 is 5.32 Å². The fourth-order valence-electron chi connectivity index (χ4n) is 3.26. The molecule has 2 aromatic rings. The first-order valence-corrected chi connectivity index (χ1v) is 9.46. The second-order valence-electron chi connectivity index (χ2n) is 7.54. The Kier molecular flexibility index (Phi) is 9.81. The van der Waals surface area contributed by atoms with Crippen molar-refractivity contribution in [3.8, 4) is 11.3 Å². The minimum absolute atomic E-state index is 0. The molecule has 0 atom stereocenters. The molecule has 0 unspecified atom stereocenters. The Balaban J connectivity index is 0.00000225. The summed E-state index contributed by atoms with van der Waals surface area (Å²) >= 11 is 0. The van der Waals surface area contributed by atoms with Crippen molar-refractivity contribution < 1.29 is 13.2 Å². The van der Waals surface area contributed by atoms with Crippen molar-refractivity contribution in [3.63, 3.8) is 0 Å². The van der Waals surface area contributed by atoms with E-state index in [4.69, 9.17) is 0 Å². The molecule has 1 aliphatic heterocycles. The average molecular weight is 467 g/mol. The predicted molar refractivity (Wildman–Crippen MR) is 116 cm³/mol. The Bertz CT molecular complexity index is 864. The standard InChI is InChI=1S/C20H25F3N4O.2ClH/c1-14(2)12-27-19(28)16(13-26-9-7-24-8-10-26)11-18(25-27)15-3-5-17(6-4-15)20(21,22)23;;/h3-6,11,14,24H,7-10,12-13H2,1-2H3;2*1H. The third-order valence-electron chi connectivity index (χ3n) is 4.70. The van der Waals surface area contributed by atoms with Gasteiger partial charge in [-0.3, -0.25) is 9.69 Å². The first-order valence-electron chi connectivity index (χ1n) is 9.46. The highest BCUT2D eigenvalue weighted by Gasteiger charge is 2.30. The third kappa shape index (κ3) is 6.70. The van der Waals surface area contributed by atoms with Gasteiger partial charge in [-0.15, -0.1) is 24.8 Å². The van der Waals surface area contributed by atoms with Gasteiger partial charge in [0.15, 0.2) is 0 Å². The maximum absolute atomic E-state index is 12.9. The molecule has 0 spiro atoms. The molecule has 1 fully saturated rings. The lowest BCUT2D eigenvalue weighted by molar-refractivity contribution is -0.137. The van der Waals surface area contributed by atoms with Crippen LogP contribution in [0.1, 0.15) is 25.0 Å². The van der Waals surface area contributed by atoms with Crippen molar-refractivity contribution >= 4 is 24.8 Å². The molecule has 0 amide bonds. The van der Waals surface area contributed by atoms with E-state index in [-0.39, 0.29) is 36.3 Å². The topological polar surface area (TPSA) is 50.2 Å². The van der Waals surface area contributed by atoms with Crippen LogP contribution in [0.5, 0.6) is 0 Å². The van der Waals surface area contributed by atoms with Gasteiger partial charge in [0.1, 0.15) is 0 Å². The van der Waals surface area contributed by atoms with Crippen LogP contribution < -0.4 is 10.9 Å². The van der Waals surface area contributed by atoms with Crippen LogP contribution in [0, 0.1) is 5.92 Å². The molecular formula is C20H27Cl2F3N4O. The highest BCUT2D eigenvalue weighted by atomic mass is 35.5. The summed E-state index contributed by atoms with van der Waals surface area (Å²) < 4.78 is 39.9. The van der Waals surface area contributed by atoms with Crippen LogP contribution in [0.3, 0.4) is 0 Å². The van der Waals surface area contributed by atoms with Crippen molar-refractivity contribution in [1.29, 1.82) is 0 Å². The summed E-state index contributed by atoms with van der Waals surface area (Å²) in [5, 5.41) is 7.70. The Morgan fingerprint density at radius 1 is 1.10 bits per heavy atom. The van der Waals surface area contributed by atoms with E-state index in [2.05, 4.69) is 15.3 Å². The van der Waals surface area contributed by atoms with Gasteiger partial charge in [-0.25, -0.2) is 4.68 Å². The first kappa shape index (κ1) is 26.4. The zero-order valence-electron chi connectivity index (χ0n) is 16.9. The zero-order chi connectivity index (χ0) is 20.3. The van der Waals surface area contributed by atoms with Gasteiger partial charge in [-0.2, -0.15) is 18.3 Å². The number of halogens is 5. The summed E-state index contributed by atoms with van der Waals surface area (Å²) in [7, 11) is 0. The molecule has 1 aliphatic rings. The van der Waals surface area contributed by atoms with Crippen molar-refractivity contribution in [2.45, 2.75) is 33.1 Å². The molecule has 1 aromatic carbocycles. The summed E-state index contributed by atoms with van der Waals surface area (Å²) in [4.78, 5) is 15.1. The fraction of sp³-hybridized carbons (Fsp3) is 0.500. The molecular weight excluding hydrogens is 440 g/mol. The molecule has 1 N–H and O–H groups in total. The van der Waals surface area contributed by atoms with Crippen molar-refractivity contribution in [3.05, 3.63) is 51.8 Å². The zero-order valence-corrected chi connectivity index (χ0v) is 18.5. The van der Waals surface area contributed by atoms with Crippen molar-refractivity contribution in [2.24, 2.45) is 5.92 Å². The summed E-state index contributed by atoms with van der Waals surface area (Å²) in [5.41, 5.74) is 0.856. The molecule has 3 rings (SSSR count). The van der Waals surface area contributed by atoms with Crippen molar-refractivity contribution in [1.82, 2.24) is 20.0 Å². The third-order valence-corrected chi connectivity index (χ3v) is 4.70. The van der Waals surface area contributed by atoms with E-state index < -0.39 is 11.7 Å². The van der Waals surface area contributed by atoms with Gasteiger partial charge in [0.05, 0.1) is 11.3 Å². The summed E-state index contributed by atoms with van der Waals surface area (Å²) in [6.45, 7) is 8.40. The summed E-state index contributed by atoms with van der Waals surface area (Å²) in [6.07, 6.45) is -4.38. The minimum Gasteiger partial charge on any atom is -0.314 e. The number of nitrogens with one attached hydrogen (secondary N) is 1. The van der Waals surface area contributed by atoms with Crippen molar-refractivity contribution in [2.75, 3.05) is 26.2 Å². The molecule has 0 bridgehead atoms. The number of hydrogen-bond donors (Lipinski definition) is 1. The number of hydrogen-bond acceptors (Lipinski definition) is 4. The molecule has 168 valence electrons. The number of nitrogens with zero attached hydrogens (tertiary/aromatic N) is 3. The SMILES string of the molecule is CC(C)Cn1nc(-c2ccc(C(F)(F)F)cc2)cc(CN2CCNCC2)c1=O.Cl.Cl. The number of benzene rings is 1. The first-order chi connectivity index (χ1) is 13.2. The normalized spacial score (nSPS) is 14.9. The van der Waals surface area contributed by atoms with E-state index in [1.54, 1.807) is 6.07 Å². The van der Waals surface area contributed by atoms with Gasteiger partial charge in [0, 0.05) is 50.4 Å². The van der Waals surface area contributed by atoms with Crippen LogP contribution in [-0.2, 0) is 19.3 Å². The van der Waals surface area contributed by atoms with Gasteiger partial charge in [-0.1, -0.05) is 26.0 Å². The molecule has 5 nitrogen and oxygen atoms in total. The average Bonchev–Trinajstić information content (AvgIpc) is 2.65. The second-order valence-corrected chi connectivity index (χ2v) is 7.54. The smallest absolute Gasteiger partial charge is 0.314 e. The van der Waals surface area contributed by atoms with Gasteiger partial charge >= 0.3 is 6.18 Å². The maximum atomic E-state index is 12.9. The van der Waals surface area contributed by atoms with Crippen LogP contribution in [0.2, 0.25) is 0 Å². The maximum Gasteiger partial charge on any atom is 0.416 e. The van der Waals surface area contributed by atoms with E-state index in [9.17, 15) is 18.0 Å². The van der Waals surface area contributed by atoms with Crippen LogP contribution in [0.4, 0.5) is 13.2 Å². The number of aromatic nitrogens is 2. The quantitative estimate of drug-likeness (QED) is 0.727. The molecule has 0 aliphatic carbocycles. The summed E-state index contributed by atoms with van der Waals surface area (Å²) in [6, 6.07) is 6.62. The minimum atomic E-state index is -4.38. The molecule has 1 saturated heterocycles. The second kappa shape index (κ2) is 11.1.